The molecule has 8 nitrogen and oxygen atoms in total. The summed E-state index contributed by atoms with van der Waals surface area (Å²) in [4.78, 5) is 20.0. The summed E-state index contributed by atoms with van der Waals surface area (Å²) in [6.07, 6.45) is 1.77. The molecule has 4 rings (SSSR count). The van der Waals surface area contributed by atoms with Crippen molar-refractivity contribution in [2.24, 2.45) is 10.1 Å². The summed E-state index contributed by atoms with van der Waals surface area (Å²) >= 11 is 1.22. The Bertz CT molecular complexity index is 1400. The fourth-order valence-corrected chi connectivity index (χ4v) is 4.89. The number of sulfonamides is 1. The Labute approximate surface area is 208 Å². The first-order chi connectivity index (χ1) is 16.8. The Morgan fingerprint density at radius 3 is 2.37 bits per heavy atom. The summed E-state index contributed by atoms with van der Waals surface area (Å²) < 4.78 is 34.1. The average Bonchev–Trinajstić information content (AvgIpc) is 3.14. The molecular weight excluding hydrogens is 486 g/mol. The molecule has 2 N–H and O–H groups in total. The molecule has 0 aliphatic carbocycles. The van der Waals surface area contributed by atoms with Crippen LogP contribution in [0.15, 0.2) is 87.6 Å². The van der Waals surface area contributed by atoms with Crippen LogP contribution >= 0.6 is 11.8 Å². The van der Waals surface area contributed by atoms with E-state index in [-0.39, 0.29) is 10.8 Å². The molecule has 1 fully saturated rings. The molecule has 1 aliphatic rings. The van der Waals surface area contributed by atoms with E-state index in [2.05, 4.69) is 4.99 Å². The van der Waals surface area contributed by atoms with Crippen LogP contribution in [0.5, 0.6) is 11.5 Å². The zero-order chi connectivity index (χ0) is 25.0. The van der Waals surface area contributed by atoms with Crippen molar-refractivity contribution >= 4 is 50.3 Å². The molecule has 1 amide bonds. The first-order valence-electron chi connectivity index (χ1n) is 10.6. The van der Waals surface area contributed by atoms with E-state index in [1.54, 1.807) is 37.5 Å². The molecule has 0 spiro atoms. The van der Waals surface area contributed by atoms with E-state index in [0.717, 1.165) is 5.56 Å². The minimum absolute atomic E-state index is 0.0125. The van der Waals surface area contributed by atoms with Crippen LogP contribution in [0.3, 0.4) is 0 Å². The van der Waals surface area contributed by atoms with Crippen LogP contribution < -0.4 is 19.5 Å². The van der Waals surface area contributed by atoms with Crippen molar-refractivity contribution in [1.29, 1.82) is 0 Å². The summed E-state index contributed by atoms with van der Waals surface area (Å²) in [5.74, 6) is 0.966. The predicted molar refractivity (Wildman–Crippen MR) is 139 cm³/mol. The van der Waals surface area contributed by atoms with E-state index in [1.807, 2.05) is 43.3 Å². The number of amidine groups is 1. The first-order valence-corrected chi connectivity index (χ1v) is 13.0. The molecule has 3 aromatic rings. The average molecular weight is 510 g/mol. The molecule has 3 aromatic carbocycles. The summed E-state index contributed by atoms with van der Waals surface area (Å²) in [5, 5.41) is 5.62. The summed E-state index contributed by atoms with van der Waals surface area (Å²) in [7, 11) is -2.25. The van der Waals surface area contributed by atoms with Crippen molar-refractivity contribution in [1.82, 2.24) is 0 Å². The third kappa shape index (κ3) is 5.56. The van der Waals surface area contributed by atoms with Crippen molar-refractivity contribution in [3.05, 3.63) is 83.3 Å². The summed E-state index contributed by atoms with van der Waals surface area (Å²) in [6, 6.07) is 20.5. The van der Waals surface area contributed by atoms with Gasteiger partial charge >= 0.3 is 0 Å². The van der Waals surface area contributed by atoms with Gasteiger partial charge in [0.2, 0.25) is 10.0 Å². The lowest BCUT2D eigenvalue weighted by atomic mass is 10.2. The van der Waals surface area contributed by atoms with Crippen LogP contribution in [0.1, 0.15) is 12.5 Å². The number of thioether (sulfide) groups is 1. The number of hydrogen-bond acceptors (Lipinski definition) is 7. The highest BCUT2D eigenvalue weighted by atomic mass is 32.2. The van der Waals surface area contributed by atoms with Crippen molar-refractivity contribution in [2.45, 2.75) is 11.8 Å². The predicted octanol–water partition coefficient (Wildman–Crippen LogP) is 4.55. The highest BCUT2D eigenvalue weighted by Crippen LogP contribution is 2.38. The number of anilines is 1. The number of carbonyl (C=O) groups excluding carboxylic acids is 1. The SMILES string of the molecule is CCOc1ccc(C=C2S/C(=N\c3ccc(S(N)(=O)=O)cc3)N(c3ccccc3)C2=O)cc1OC. The number of rotatable bonds is 7. The Balaban J connectivity index is 1.73. The van der Waals surface area contributed by atoms with Gasteiger partial charge in [-0.2, -0.15) is 0 Å². The minimum Gasteiger partial charge on any atom is -0.493 e. The zero-order valence-corrected chi connectivity index (χ0v) is 20.7. The molecule has 35 heavy (non-hydrogen) atoms. The fourth-order valence-electron chi connectivity index (χ4n) is 3.37. The third-order valence-corrected chi connectivity index (χ3v) is 6.89. The Morgan fingerprint density at radius 2 is 1.74 bits per heavy atom. The monoisotopic (exact) mass is 509 g/mol. The first kappa shape index (κ1) is 24.5. The maximum atomic E-state index is 13.4. The van der Waals surface area contributed by atoms with Gasteiger partial charge in [-0.25, -0.2) is 18.5 Å². The van der Waals surface area contributed by atoms with Gasteiger partial charge < -0.3 is 9.47 Å². The van der Waals surface area contributed by atoms with Crippen LogP contribution in [-0.2, 0) is 14.8 Å². The van der Waals surface area contributed by atoms with Gasteiger partial charge in [0.15, 0.2) is 16.7 Å². The number of amides is 1. The molecule has 1 saturated heterocycles. The van der Waals surface area contributed by atoms with Crippen molar-refractivity contribution < 1.29 is 22.7 Å². The lowest BCUT2D eigenvalue weighted by Gasteiger charge is -2.15. The van der Waals surface area contributed by atoms with Crippen LogP contribution in [-0.4, -0.2) is 33.2 Å². The number of para-hydroxylation sites is 1. The van der Waals surface area contributed by atoms with E-state index in [9.17, 15) is 13.2 Å². The fraction of sp³-hybridized carbons (Fsp3) is 0.120. The number of aliphatic imine (C=N–C) groups is 1. The molecular formula is C25H23N3O5S2. The largest absolute Gasteiger partial charge is 0.493 e. The lowest BCUT2D eigenvalue weighted by Crippen LogP contribution is -2.28. The third-order valence-electron chi connectivity index (χ3n) is 5.00. The molecule has 0 bridgehead atoms. The highest BCUT2D eigenvalue weighted by Gasteiger charge is 2.34. The Kier molecular flexibility index (Phi) is 7.25. The van der Waals surface area contributed by atoms with Gasteiger partial charge in [-0.15, -0.1) is 0 Å². The minimum atomic E-state index is -3.81. The second-order valence-corrected chi connectivity index (χ2v) is 9.93. The molecule has 180 valence electrons. The lowest BCUT2D eigenvalue weighted by molar-refractivity contribution is -0.113. The molecule has 0 unspecified atom stereocenters. The number of primary sulfonamides is 1. The number of benzene rings is 3. The smallest absolute Gasteiger partial charge is 0.271 e. The van der Waals surface area contributed by atoms with Gasteiger partial charge in [0.25, 0.3) is 5.91 Å². The van der Waals surface area contributed by atoms with E-state index in [1.165, 1.54) is 28.8 Å². The van der Waals surface area contributed by atoms with Crippen molar-refractivity contribution in [2.75, 3.05) is 18.6 Å². The number of nitrogens with zero attached hydrogens (tertiary/aromatic N) is 2. The standard InChI is InChI=1S/C25H23N3O5S2/c1-3-33-21-14-9-17(15-22(21)32-2)16-23-24(29)28(19-7-5-4-6-8-19)25(34-23)27-18-10-12-20(13-11-18)35(26,30)31/h4-16H,3H2,1-2H3,(H2,26,30,31)/b23-16?,27-25-. The molecule has 0 atom stereocenters. The van der Waals surface area contributed by atoms with Crippen LogP contribution in [0.25, 0.3) is 6.08 Å². The van der Waals surface area contributed by atoms with Gasteiger partial charge in [-0.1, -0.05) is 24.3 Å². The topological polar surface area (TPSA) is 111 Å². The molecule has 0 saturated carbocycles. The second kappa shape index (κ2) is 10.3. The van der Waals surface area contributed by atoms with Crippen LogP contribution in [0, 0.1) is 0 Å². The van der Waals surface area contributed by atoms with E-state index < -0.39 is 10.0 Å². The maximum absolute atomic E-state index is 13.4. The quantitative estimate of drug-likeness (QED) is 0.468. The molecule has 1 heterocycles. The van der Waals surface area contributed by atoms with Gasteiger partial charge in [-0.05, 0) is 78.9 Å². The van der Waals surface area contributed by atoms with E-state index in [4.69, 9.17) is 14.6 Å². The highest BCUT2D eigenvalue weighted by molar-refractivity contribution is 8.19. The van der Waals surface area contributed by atoms with E-state index in [0.29, 0.717) is 39.6 Å². The van der Waals surface area contributed by atoms with Crippen LogP contribution in [0.4, 0.5) is 11.4 Å². The number of ether oxygens (including phenoxy) is 2. The number of methoxy groups -OCH3 is 1. The molecule has 10 heteroatoms. The van der Waals surface area contributed by atoms with Crippen LogP contribution in [0.2, 0.25) is 0 Å². The van der Waals surface area contributed by atoms with Gasteiger partial charge in [0.05, 0.1) is 34.9 Å². The summed E-state index contributed by atoms with van der Waals surface area (Å²) in [6.45, 7) is 2.40. The summed E-state index contributed by atoms with van der Waals surface area (Å²) in [5.41, 5.74) is 1.92. The Morgan fingerprint density at radius 1 is 1.03 bits per heavy atom. The Hall–Kier alpha value is -3.60. The van der Waals surface area contributed by atoms with Gasteiger partial charge in [0, 0.05) is 0 Å². The molecule has 1 aliphatic heterocycles. The van der Waals surface area contributed by atoms with Gasteiger partial charge in [-0.3, -0.25) is 9.69 Å². The molecule has 0 radical (unpaired) electrons. The number of hydrogen-bond donors (Lipinski definition) is 1. The van der Waals surface area contributed by atoms with Gasteiger partial charge in [0.1, 0.15) is 0 Å². The van der Waals surface area contributed by atoms with Crippen molar-refractivity contribution in [3.63, 3.8) is 0 Å². The maximum Gasteiger partial charge on any atom is 0.271 e. The number of nitrogens with two attached hydrogens (primary N) is 1. The van der Waals surface area contributed by atoms with E-state index >= 15 is 0 Å². The van der Waals surface area contributed by atoms with Crippen molar-refractivity contribution in [3.8, 4) is 11.5 Å². The molecule has 0 aromatic heterocycles. The normalized spacial score (nSPS) is 16.2. The second-order valence-electron chi connectivity index (χ2n) is 7.36. The zero-order valence-electron chi connectivity index (χ0n) is 19.0. The number of carbonyl (C=O) groups is 1.